The van der Waals surface area contributed by atoms with Crippen molar-refractivity contribution in [3.63, 3.8) is 0 Å². The second kappa shape index (κ2) is 6.55. The van der Waals surface area contributed by atoms with Crippen molar-refractivity contribution < 1.29 is 14.7 Å². The lowest BCUT2D eigenvalue weighted by atomic mass is 10.2. The second-order valence-electron chi connectivity index (χ2n) is 3.43. The van der Waals surface area contributed by atoms with Gasteiger partial charge in [-0.2, -0.15) is 11.8 Å². The van der Waals surface area contributed by atoms with E-state index in [-0.39, 0.29) is 25.0 Å². The molecule has 5 nitrogen and oxygen atoms in total. The van der Waals surface area contributed by atoms with Crippen molar-refractivity contribution in [2.45, 2.75) is 25.3 Å². The van der Waals surface area contributed by atoms with Crippen LogP contribution in [0.2, 0.25) is 0 Å². The summed E-state index contributed by atoms with van der Waals surface area (Å²) in [5, 5.41) is 13.7. The second-order valence-corrected chi connectivity index (χ2v) is 4.66. The lowest BCUT2D eigenvalue weighted by Crippen LogP contribution is -2.44. The maximum absolute atomic E-state index is 11.3. The minimum absolute atomic E-state index is 0.0338. The first-order chi connectivity index (χ1) is 7.18. The number of nitrogens with one attached hydrogen (secondary N) is 2. The molecule has 0 radical (unpaired) electrons. The minimum atomic E-state index is -0.899. The molecular formula is C9H16N2O3S. The number of amides is 2. The van der Waals surface area contributed by atoms with Gasteiger partial charge < -0.3 is 15.7 Å². The van der Waals surface area contributed by atoms with Crippen LogP contribution in [0.3, 0.4) is 0 Å². The molecule has 1 aliphatic heterocycles. The Labute approximate surface area is 93.0 Å². The van der Waals surface area contributed by atoms with Gasteiger partial charge in [0.1, 0.15) is 0 Å². The number of aliphatic carboxylic acids is 1. The number of carboxylic acids is 1. The summed E-state index contributed by atoms with van der Waals surface area (Å²) in [6.07, 6.45) is 1.96. The zero-order valence-corrected chi connectivity index (χ0v) is 9.31. The van der Waals surface area contributed by atoms with Crippen LogP contribution in [0.1, 0.15) is 19.3 Å². The highest BCUT2D eigenvalue weighted by atomic mass is 32.2. The average Bonchev–Trinajstić information content (AvgIpc) is 2.18. The summed E-state index contributed by atoms with van der Waals surface area (Å²) in [6, 6.07) is -0.00997. The van der Waals surface area contributed by atoms with Gasteiger partial charge in [-0.05, 0) is 24.3 Å². The number of hydrogen-bond donors (Lipinski definition) is 3. The van der Waals surface area contributed by atoms with Crippen molar-refractivity contribution in [2.75, 3.05) is 18.1 Å². The number of carbonyl (C=O) groups excluding carboxylic acids is 1. The van der Waals surface area contributed by atoms with Gasteiger partial charge in [-0.3, -0.25) is 4.79 Å². The van der Waals surface area contributed by atoms with Crippen molar-refractivity contribution in [1.29, 1.82) is 0 Å². The van der Waals surface area contributed by atoms with Crippen LogP contribution in [0.15, 0.2) is 0 Å². The molecule has 1 heterocycles. The van der Waals surface area contributed by atoms with Gasteiger partial charge >= 0.3 is 12.0 Å². The molecule has 0 unspecified atom stereocenters. The molecule has 0 atom stereocenters. The molecule has 2 amide bonds. The van der Waals surface area contributed by atoms with E-state index in [1.807, 2.05) is 11.8 Å². The van der Waals surface area contributed by atoms with Gasteiger partial charge in [0.15, 0.2) is 0 Å². The summed E-state index contributed by atoms with van der Waals surface area (Å²) in [5.74, 6) is 1.27. The van der Waals surface area contributed by atoms with Crippen molar-refractivity contribution in [2.24, 2.45) is 0 Å². The Hall–Kier alpha value is -0.910. The minimum Gasteiger partial charge on any atom is -0.481 e. The molecule has 86 valence electrons. The topological polar surface area (TPSA) is 78.4 Å². The van der Waals surface area contributed by atoms with Gasteiger partial charge in [0.05, 0.1) is 6.42 Å². The predicted molar refractivity (Wildman–Crippen MR) is 59.1 cm³/mol. The highest BCUT2D eigenvalue weighted by Gasteiger charge is 2.15. The molecule has 0 saturated carbocycles. The Kier molecular flexibility index (Phi) is 5.31. The molecule has 6 heteroatoms. The maximum atomic E-state index is 11.3. The van der Waals surface area contributed by atoms with Gasteiger partial charge in [-0.1, -0.05) is 0 Å². The van der Waals surface area contributed by atoms with Crippen molar-refractivity contribution >= 4 is 23.8 Å². The van der Waals surface area contributed by atoms with Crippen LogP contribution in [-0.2, 0) is 4.79 Å². The Balaban J connectivity index is 2.09. The van der Waals surface area contributed by atoms with Gasteiger partial charge in [0.25, 0.3) is 0 Å². The fourth-order valence-electron chi connectivity index (χ4n) is 1.36. The quantitative estimate of drug-likeness (QED) is 0.665. The molecule has 0 aliphatic carbocycles. The monoisotopic (exact) mass is 232 g/mol. The highest BCUT2D eigenvalue weighted by molar-refractivity contribution is 7.99. The third-order valence-electron chi connectivity index (χ3n) is 2.18. The van der Waals surface area contributed by atoms with E-state index >= 15 is 0 Å². The van der Waals surface area contributed by atoms with Crippen LogP contribution >= 0.6 is 11.8 Å². The maximum Gasteiger partial charge on any atom is 0.315 e. The van der Waals surface area contributed by atoms with E-state index in [1.165, 1.54) is 0 Å². The van der Waals surface area contributed by atoms with Crippen molar-refractivity contribution in [1.82, 2.24) is 10.6 Å². The van der Waals surface area contributed by atoms with E-state index in [9.17, 15) is 9.59 Å². The van der Waals surface area contributed by atoms with E-state index in [0.717, 1.165) is 24.3 Å². The molecular weight excluding hydrogens is 216 g/mol. The molecule has 1 rings (SSSR count). The van der Waals surface area contributed by atoms with Gasteiger partial charge in [-0.25, -0.2) is 4.79 Å². The molecule has 0 spiro atoms. The average molecular weight is 232 g/mol. The van der Waals surface area contributed by atoms with Gasteiger partial charge in [-0.15, -0.1) is 0 Å². The van der Waals surface area contributed by atoms with E-state index in [1.54, 1.807) is 0 Å². The number of urea groups is 1. The van der Waals surface area contributed by atoms with Crippen molar-refractivity contribution in [3.8, 4) is 0 Å². The summed E-state index contributed by atoms with van der Waals surface area (Å²) >= 11 is 1.90. The summed E-state index contributed by atoms with van der Waals surface area (Å²) < 4.78 is 0. The Morgan fingerprint density at radius 3 is 2.60 bits per heavy atom. The number of carboxylic acid groups (broad SMARTS) is 1. The normalized spacial score (nSPS) is 17.1. The third-order valence-corrected chi connectivity index (χ3v) is 3.23. The molecule has 3 N–H and O–H groups in total. The van der Waals surface area contributed by atoms with E-state index in [4.69, 9.17) is 5.11 Å². The molecule has 1 fully saturated rings. The van der Waals surface area contributed by atoms with E-state index in [0.29, 0.717) is 0 Å². The summed E-state index contributed by atoms with van der Waals surface area (Å²) in [7, 11) is 0. The zero-order chi connectivity index (χ0) is 11.1. The Morgan fingerprint density at radius 2 is 2.00 bits per heavy atom. The zero-order valence-electron chi connectivity index (χ0n) is 8.49. The van der Waals surface area contributed by atoms with Gasteiger partial charge in [0.2, 0.25) is 0 Å². The first-order valence-electron chi connectivity index (χ1n) is 5.02. The van der Waals surface area contributed by atoms with Crippen LogP contribution in [0, 0.1) is 0 Å². The Morgan fingerprint density at radius 1 is 1.33 bits per heavy atom. The molecule has 1 saturated heterocycles. The first kappa shape index (κ1) is 12.2. The highest BCUT2D eigenvalue weighted by Crippen LogP contribution is 2.16. The predicted octanol–water partition coefficient (Wildman–Crippen LogP) is 0.656. The van der Waals surface area contributed by atoms with Crippen molar-refractivity contribution in [3.05, 3.63) is 0 Å². The van der Waals surface area contributed by atoms with Crippen LogP contribution in [0.25, 0.3) is 0 Å². The first-order valence-corrected chi connectivity index (χ1v) is 6.18. The number of hydrogen-bond acceptors (Lipinski definition) is 3. The number of carbonyl (C=O) groups is 2. The van der Waals surface area contributed by atoms with Gasteiger partial charge in [0, 0.05) is 12.6 Å². The lowest BCUT2D eigenvalue weighted by Gasteiger charge is -2.22. The molecule has 0 aromatic heterocycles. The summed E-state index contributed by atoms with van der Waals surface area (Å²) in [4.78, 5) is 21.5. The summed E-state index contributed by atoms with van der Waals surface area (Å²) in [5.41, 5.74) is 0. The largest absolute Gasteiger partial charge is 0.481 e. The van der Waals surface area contributed by atoms with Crippen LogP contribution in [-0.4, -0.2) is 41.2 Å². The van der Waals surface area contributed by atoms with E-state index < -0.39 is 5.97 Å². The fourth-order valence-corrected chi connectivity index (χ4v) is 2.47. The SMILES string of the molecule is O=C(O)CCNC(=O)NC1CCSCC1. The number of rotatable bonds is 4. The molecule has 15 heavy (non-hydrogen) atoms. The molecule has 0 aromatic carbocycles. The standard InChI is InChI=1S/C9H16N2O3S/c12-8(13)1-4-10-9(14)11-7-2-5-15-6-3-7/h7H,1-6H2,(H,12,13)(H2,10,11,14). The molecule has 0 aromatic rings. The molecule has 1 aliphatic rings. The lowest BCUT2D eigenvalue weighted by molar-refractivity contribution is -0.136. The van der Waals surface area contributed by atoms with Crippen LogP contribution in [0.5, 0.6) is 0 Å². The van der Waals surface area contributed by atoms with E-state index in [2.05, 4.69) is 10.6 Å². The smallest absolute Gasteiger partial charge is 0.315 e. The Bertz CT molecular complexity index is 229. The van der Waals surface area contributed by atoms with Crippen LogP contribution < -0.4 is 10.6 Å². The third kappa shape index (κ3) is 5.51. The molecule has 0 bridgehead atoms. The number of thioether (sulfide) groups is 1. The fraction of sp³-hybridized carbons (Fsp3) is 0.778. The van der Waals surface area contributed by atoms with Crippen LogP contribution in [0.4, 0.5) is 4.79 Å². The summed E-state index contributed by atoms with van der Waals surface area (Å²) in [6.45, 7) is 0.183.